The van der Waals surface area contributed by atoms with Crippen molar-refractivity contribution in [3.8, 4) is 0 Å². The molecule has 12 heavy (non-hydrogen) atoms. The monoisotopic (exact) mass is 356 g/mol. The van der Waals surface area contributed by atoms with E-state index in [0.29, 0.717) is 0 Å². The molecular weight excluding hydrogens is 347 g/mol. The Bertz CT molecular complexity index is 101. The van der Waals surface area contributed by atoms with E-state index in [1.54, 1.807) is 13.0 Å². The predicted octanol–water partition coefficient (Wildman–Crippen LogP) is -11.9. The summed E-state index contributed by atoms with van der Waals surface area (Å²) in [7, 11) is 0. The van der Waals surface area contributed by atoms with Crippen LogP contribution in [0.15, 0.2) is 12.2 Å². The molecule has 0 spiro atoms. The summed E-state index contributed by atoms with van der Waals surface area (Å²) in [6.45, 7) is 1.90. The second-order valence-electron chi connectivity index (χ2n) is 1.17. The van der Waals surface area contributed by atoms with Crippen molar-refractivity contribution in [2.45, 2.75) is 6.92 Å². The number of carbonyl (C=O) groups excluding carboxylic acids is 1. The van der Waals surface area contributed by atoms with Gasteiger partial charge in [0.25, 0.3) is 0 Å². The molecule has 0 aliphatic rings. The Morgan fingerprint density at radius 1 is 1.25 bits per heavy atom. The first-order valence-electron chi connectivity index (χ1n) is 2.17. The van der Waals surface area contributed by atoms with Crippen LogP contribution < -0.4 is 24.6 Å². The first-order chi connectivity index (χ1) is 3.31. The van der Waals surface area contributed by atoms with Crippen molar-refractivity contribution >= 4 is 5.78 Å². The van der Waals surface area contributed by atoms with Crippen molar-refractivity contribution in [3.05, 3.63) is 12.2 Å². The molecule has 77 valence electrons. The van der Waals surface area contributed by atoms with E-state index in [0.717, 1.165) is 0 Å². The molecule has 0 heterocycles. The van der Waals surface area contributed by atoms with Crippen LogP contribution >= 0.6 is 0 Å². The van der Waals surface area contributed by atoms with E-state index >= 15 is 0 Å². The number of rotatable bonds is 2. The Kier molecular flexibility index (Phi) is 105. The summed E-state index contributed by atoms with van der Waals surface area (Å²) in [5.74, 6) is -0.0255. The molecule has 0 saturated carbocycles. The summed E-state index contributed by atoms with van der Waals surface area (Å²) >= 11 is 0. The maximum absolute atomic E-state index is 10.2. The van der Waals surface area contributed by atoms with Gasteiger partial charge >= 0.3 is 0 Å². The van der Waals surface area contributed by atoms with Gasteiger partial charge in [0.15, 0.2) is 5.78 Å². The zero-order chi connectivity index (χ0) is 5.70. The fourth-order valence-electron chi connectivity index (χ4n) is 0.254. The Labute approximate surface area is 83.6 Å². The molecule has 0 aromatic heterocycles. The summed E-state index contributed by atoms with van der Waals surface area (Å²) in [5, 5.41) is 0. The Morgan fingerprint density at radius 3 is 1.67 bits per heavy atom. The molecule has 0 aromatic rings. The molecule has 2 nitrogen and oxygen atoms in total. The van der Waals surface area contributed by atoms with E-state index in [1.165, 1.54) is 6.08 Å². The smallest absolute Gasteiger partial charge is 0.168 e. The number of nitrogens with two attached hydrogens (primary N) is 1. The maximum Gasteiger partial charge on any atom is 0.168 e. The fourth-order valence-corrected chi connectivity index (χ4v) is 0.254. The first-order valence-corrected chi connectivity index (χ1v) is 2.17. The average molecular weight is 356 g/mol. The second-order valence-corrected chi connectivity index (χ2v) is 1.17. The molecule has 0 aromatic carbocycles. The van der Waals surface area contributed by atoms with Gasteiger partial charge in [-0.3, -0.25) is 4.79 Å². The first kappa shape index (κ1) is 40.8. The standard InChI is InChI=1S/C5H9NO.4FH.Ta/c1-2-3-5(7)4-6;;;;;/h2-3H,4,6H2,1H3;4*1H;/p-4. The van der Waals surface area contributed by atoms with Gasteiger partial charge < -0.3 is 24.6 Å². The van der Waals surface area contributed by atoms with Crippen molar-refractivity contribution in [3.63, 3.8) is 0 Å². The van der Waals surface area contributed by atoms with E-state index in [9.17, 15) is 4.79 Å². The van der Waals surface area contributed by atoms with Crippen molar-refractivity contribution in [2.24, 2.45) is 5.73 Å². The van der Waals surface area contributed by atoms with Crippen molar-refractivity contribution in [1.82, 2.24) is 0 Å². The van der Waals surface area contributed by atoms with E-state index < -0.39 is 0 Å². The van der Waals surface area contributed by atoms with Gasteiger partial charge in [-0.2, -0.15) is 0 Å². The summed E-state index contributed by atoms with van der Waals surface area (Å²) in [5.41, 5.74) is 4.96. The number of hydrogen-bond acceptors (Lipinski definition) is 2. The minimum atomic E-state index is -0.0255. The van der Waals surface area contributed by atoms with Gasteiger partial charge in [0.2, 0.25) is 0 Å². The van der Waals surface area contributed by atoms with E-state index in [4.69, 9.17) is 5.73 Å². The molecule has 0 amide bonds. The third-order valence-electron chi connectivity index (χ3n) is 0.554. The number of allylic oxidation sites excluding steroid dienone is 1. The van der Waals surface area contributed by atoms with Crippen molar-refractivity contribution in [2.75, 3.05) is 6.54 Å². The quantitative estimate of drug-likeness (QED) is 0.395. The van der Waals surface area contributed by atoms with Gasteiger partial charge in [-0.1, -0.05) is 6.08 Å². The number of carbonyl (C=O) groups is 1. The molecule has 0 aliphatic heterocycles. The van der Waals surface area contributed by atoms with Crippen LogP contribution in [-0.2, 0) is 27.2 Å². The minimum Gasteiger partial charge on any atom is -1.00 e. The van der Waals surface area contributed by atoms with Gasteiger partial charge in [-0.05, 0) is 13.0 Å². The molecule has 1 radical (unpaired) electrons. The molecule has 0 rings (SSSR count). The topological polar surface area (TPSA) is 43.1 Å². The third kappa shape index (κ3) is 32.9. The van der Waals surface area contributed by atoms with Crippen LogP contribution in [-0.4, -0.2) is 12.3 Å². The average Bonchev–Trinajstić information content (AvgIpc) is 1.68. The van der Waals surface area contributed by atoms with E-state index in [1.807, 2.05) is 0 Å². The molecule has 2 N–H and O–H groups in total. The minimum absolute atomic E-state index is 0. The largest absolute Gasteiger partial charge is 1.00 e. The van der Waals surface area contributed by atoms with Crippen LogP contribution in [0.4, 0.5) is 0 Å². The molecule has 7 heteroatoms. The SMILES string of the molecule is CC=CC(=O)CN.[F-].[F-].[F-].[F-].[Ta]. The Morgan fingerprint density at radius 2 is 1.58 bits per heavy atom. The molecular formula is C5H9F4NOTa-4. The van der Waals surface area contributed by atoms with Crippen molar-refractivity contribution in [1.29, 1.82) is 0 Å². The second kappa shape index (κ2) is 30.8. The van der Waals surface area contributed by atoms with Crippen LogP contribution in [0.25, 0.3) is 0 Å². The van der Waals surface area contributed by atoms with E-state index in [2.05, 4.69) is 0 Å². The molecule has 0 bridgehead atoms. The third-order valence-corrected chi connectivity index (χ3v) is 0.554. The molecule has 0 atom stereocenters. The van der Waals surface area contributed by atoms with Crippen LogP contribution in [0.3, 0.4) is 0 Å². The normalized spacial score (nSPS) is 5.83. The fraction of sp³-hybridized carbons (Fsp3) is 0.400. The van der Waals surface area contributed by atoms with Crippen LogP contribution in [0, 0.1) is 0 Å². The number of hydrogen-bond donors (Lipinski definition) is 1. The maximum atomic E-state index is 10.2. The molecule has 0 aliphatic carbocycles. The summed E-state index contributed by atoms with van der Waals surface area (Å²) in [6.07, 6.45) is 3.13. The zero-order valence-electron chi connectivity index (χ0n) is 6.31. The van der Waals surface area contributed by atoms with Crippen LogP contribution in [0.5, 0.6) is 0 Å². The van der Waals surface area contributed by atoms with Gasteiger partial charge in [0, 0.05) is 22.4 Å². The molecule has 0 fully saturated rings. The van der Waals surface area contributed by atoms with Gasteiger partial charge in [0.1, 0.15) is 0 Å². The molecule has 0 saturated heterocycles. The summed E-state index contributed by atoms with van der Waals surface area (Å²) < 4.78 is 0. The number of halogens is 4. The Balaban J connectivity index is -0.0000000180. The van der Waals surface area contributed by atoms with Gasteiger partial charge in [-0.25, -0.2) is 0 Å². The van der Waals surface area contributed by atoms with Crippen LogP contribution in [0.1, 0.15) is 6.92 Å². The zero-order valence-corrected chi connectivity index (χ0v) is 9.52. The number of ketones is 1. The van der Waals surface area contributed by atoms with E-state index in [-0.39, 0.29) is 53.5 Å². The molecule has 0 unspecified atom stereocenters. The van der Waals surface area contributed by atoms with Crippen molar-refractivity contribution < 1.29 is 46.0 Å². The predicted molar refractivity (Wildman–Crippen MR) is 28.9 cm³/mol. The van der Waals surface area contributed by atoms with Gasteiger partial charge in [-0.15, -0.1) is 0 Å². The summed E-state index contributed by atoms with van der Waals surface area (Å²) in [6, 6.07) is 0. The summed E-state index contributed by atoms with van der Waals surface area (Å²) in [4.78, 5) is 10.2. The van der Waals surface area contributed by atoms with Crippen LogP contribution in [0.2, 0.25) is 0 Å². The van der Waals surface area contributed by atoms with Gasteiger partial charge in [0.05, 0.1) is 6.54 Å². The Hall–Kier alpha value is -0.170.